The fourth-order valence-corrected chi connectivity index (χ4v) is 3.24. The minimum absolute atomic E-state index is 0.237. The van der Waals surface area contributed by atoms with E-state index in [0.717, 1.165) is 21.8 Å². The topological polar surface area (TPSA) is 44.1 Å². The Kier molecular flexibility index (Phi) is 4.88. The molecular formula is C17H15ClN2O2S. The quantitative estimate of drug-likeness (QED) is 0.517. The molecule has 0 atom stereocenters. The van der Waals surface area contributed by atoms with Crippen molar-refractivity contribution in [3.8, 4) is 0 Å². The van der Waals surface area contributed by atoms with E-state index in [-0.39, 0.29) is 11.7 Å². The maximum Gasteiger partial charge on any atom is 0.316 e. The minimum atomic E-state index is -0.264. The number of hydrogen-bond donors (Lipinski definition) is 0. The molecular weight excluding hydrogens is 332 g/mol. The zero-order valence-electron chi connectivity index (χ0n) is 12.5. The van der Waals surface area contributed by atoms with Crippen LogP contribution in [-0.2, 0) is 16.1 Å². The van der Waals surface area contributed by atoms with Gasteiger partial charge < -0.3 is 9.30 Å². The SMILES string of the molecule is COC(=O)CSc1nc2ccccc2n1Cc1ccc(Cl)cc1. The van der Waals surface area contributed by atoms with Gasteiger partial charge >= 0.3 is 5.97 Å². The molecule has 4 nitrogen and oxygen atoms in total. The summed E-state index contributed by atoms with van der Waals surface area (Å²) in [4.78, 5) is 16.0. The second kappa shape index (κ2) is 7.06. The van der Waals surface area contributed by atoms with Crippen LogP contribution in [0.5, 0.6) is 0 Å². The lowest BCUT2D eigenvalue weighted by Gasteiger charge is -2.09. The molecule has 3 aromatic rings. The number of benzene rings is 2. The lowest BCUT2D eigenvalue weighted by molar-refractivity contribution is -0.137. The molecule has 23 heavy (non-hydrogen) atoms. The molecule has 0 fully saturated rings. The Morgan fingerprint density at radius 2 is 1.96 bits per heavy atom. The number of hydrogen-bond acceptors (Lipinski definition) is 4. The first-order valence-corrected chi connectivity index (χ1v) is 8.43. The standard InChI is InChI=1S/C17H15ClN2O2S/c1-22-16(21)11-23-17-19-14-4-2-3-5-15(14)20(17)10-12-6-8-13(18)9-7-12/h2-9H,10-11H2,1H3. The van der Waals surface area contributed by atoms with Crippen LogP contribution in [0.15, 0.2) is 53.7 Å². The van der Waals surface area contributed by atoms with E-state index in [2.05, 4.69) is 9.55 Å². The molecule has 2 aromatic carbocycles. The third-order valence-corrected chi connectivity index (χ3v) is 4.62. The smallest absolute Gasteiger partial charge is 0.316 e. The van der Waals surface area contributed by atoms with Gasteiger partial charge in [0.2, 0.25) is 0 Å². The highest BCUT2D eigenvalue weighted by atomic mass is 35.5. The van der Waals surface area contributed by atoms with Crippen LogP contribution in [0.4, 0.5) is 0 Å². The summed E-state index contributed by atoms with van der Waals surface area (Å²) in [5.41, 5.74) is 3.07. The number of rotatable bonds is 5. The number of carbonyl (C=O) groups excluding carboxylic acids is 1. The summed E-state index contributed by atoms with van der Waals surface area (Å²) in [6, 6.07) is 15.7. The van der Waals surface area contributed by atoms with E-state index in [1.165, 1.54) is 18.9 Å². The Labute approximate surface area is 143 Å². The molecule has 6 heteroatoms. The molecule has 0 spiro atoms. The van der Waals surface area contributed by atoms with Crippen molar-refractivity contribution in [2.24, 2.45) is 0 Å². The second-order valence-corrected chi connectivity index (χ2v) is 6.34. The van der Waals surface area contributed by atoms with Crippen LogP contribution in [0.2, 0.25) is 5.02 Å². The van der Waals surface area contributed by atoms with Gasteiger partial charge in [-0.15, -0.1) is 0 Å². The number of ether oxygens (including phenoxy) is 1. The normalized spacial score (nSPS) is 10.9. The minimum Gasteiger partial charge on any atom is -0.468 e. The van der Waals surface area contributed by atoms with Crippen molar-refractivity contribution in [1.82, 2.24) is 9.55 Å². The Hall–Kier alpha value is -1.98. The zero-order valence-corrected chi connectivity index (χ0v) is 14.1. The Bertz CT molecular complexity index is 830. The van der Waals surface area contributed by atoms with Crippen LogP contribution < -0.4 is 0 Å². The van der Waals surface area contributed by atoms with Gasteiger partial charge in [-0.1, -0.05) is 47.6 Å². The summed E-state index contributed by atoms with van der Waals surface area (Å²) in [6.07, 6.45) is 0. The molecule has 0 amide bonds. The predicted octanol–water partition coefficient (Wildman–Crippen LogP) is 4.00. The number of fused-ring (bicyclic) bond motifs is 1. The van der Waals surface area contributed by atoms with E-state index < -0.39 is 0 Å². The summed E-state index contributed by atoms with van der Waals surface area (Å²) in [6.45, 7) is 0.668. The third-order valence-electron chi connectivity index (χ3n) is 3.42. The highest BCUT2D eigenvalue weighted by Gasteiger charge is 2.13. The van der Waals surface area contributed by atoms with Gasteiger partial charge in [-0.05, 0) is 29.8 Å². The lowest BCUT2D eigenvalue weighted by Crippen LogP contribution is -2.06. The van der Waals surface area contributed by atoms with Crippen molar-refractivity contribution in [2.75, 3.05) is 12.9 Å². The molecule has 0 unspecified atom stereocenters. The van der Waals surface area contributed by atoms with Crippen molar-refractivity contribution in [3.63, 3.8) is 0 Å². The molecule has 3 rings (SSSR count). The zero-order chi connectivity index (χ0) is 16.2. The van der Waals surface area contributed by atoms with E-state index in [0.29, 0.717) is 11.6 Å². The predicted molar refractivity (Wildman–Crippen MR) is 93.0 cm³/mol. The summed E-state index contributed by atoms with van der Waals surface area (Å²) in [5, 5.41) is 1.51. The van der Waals surface area contributed by atoms with Gasteiger partial charge in [-0.3, -0.25) is 4.79 Å². The number of carbonyl (C=O) groups is 1. The molecule has 1 aromatic heterocycles. The second-order valence-electron chi connectivity index (χ2n) is 4.96. The molecule has 0 aliphatic heterocycles. The van der Waals surface area contributed by atoms with E-state index in [9.17, 15) is 4.79 Å². The van der Waals surface area contributed by atoms with Gasteiger partial charge in [0.1, 0.15) is 0 Å². The fourth-order valence-electron chi connectivity index (χ4n) is 2.27. The summed E-state index contributed by atoms with van der Waals surface area (Å²) in [7, 11) is 1.39. The average Bonchev–Trinajstić information content (AvgIpc) is 2.92. The third kappa shape index (κ3) is 3.68. The number of halogens is 1. The fraction of sp³-hybridized carbons (Fsp3) is 0.176. The number of aromatic nitrogens is 2. The maximum absolute atomic E-state index is 11.4. The van der Waals surface area contributed by atoms with Crippen molar-refractivity contribution >= 4 is 40.4 Å². The maximum atomic E-state index is 11.4. The monoisotopic (exact) mass is 346 g/mol. The van der Waals surface area contributed by atoms with E-state index in [4.69, 9.17) is 16.3 Å². The number of nitrogens with zero attached hydrogens (tertiary/aromatic N) is 2. The number of thioether (sulfide) groups is 1. The molecule has 0 saturated carbocycles. The Morgan fingerprint density at radius 3 is 2.70 bits per heavy atom. The molecule has 0 saturated heterocycles. The van der Waals surface area contributed by atoms with Crippen molar-refractivity contribution in [2.45, 2.75) is 11.7 Å². The van der Waals surface area contributed by atoms with E-state index >= 15 is 0 Å². The van der Waals surface area contributed by atoms with Gasteiger partial charge in [-0.25, -0.2) is 4.98 Å². The summed E-state index contributed by atoms with van der Waals surface area (Å²) < 4.78 is 6.81. The van der Waals surface area contributed by atoms with Crippen LogP contribution in [0.3, 0.4) is 0 Å². The Morgan fingerprint density at radius 1 is 1.22 bits per heavy atom. The molecule has 0 aliphatic carbocycles. The highest BCUT2D eigenvalue weighted by Crippen LogP contribution is 2.25. The van der Waals surface area contributed by atoms with Crippen molar-refractivity contribution in [3.05, 3.63) is 59.1 Å². The molecule has 0 N–H and O–H groups in total. The van der Waals surface area contributed by atoms with Crippen LogP contribution in [0.1, 0.15) is 5.56 Å². The molecule has 0 aliphatic rings. The first-order valence-electron chi connectivity index (χ1n) is 7.06. The van der Waals surface area contributed by atoms with Crippen molar-refractivity contribution in [1.29, 1.82) is 0 Å². The van der Waals surface area contributed by atoms with Gasteiger partial charge in [0.25, 0.3) is 0 Å². The lowest BCUT2D eigenvalue weighted by atomic mass is 10.2. The first kappa shape index (κ1) is 15.9. The molecule has 0 bridgehead atoms. The number of imidazole rings is 1. The van der Waals surface area contributed by atoms with Gasteiger partial charge in [-0.2, -0.15) is 0 Å². The van der Waals surface area contributed by atoms with Crippen molar-refractivity contribution < 1.29 is 9.53 Å². The van der Waals surface area contributed by atoms with E-state index in [1.807, 2.05) is 48.5 Å². The molecule has 118 valence electrons. The molecule has 1 heterocycles. The number of para-hydroxylation sites is 2. The average molecular weight is 347 g/mol. The summed E-state index contributed by atoms with van der Waals surface area (Å²) >= 11 is 7.32. The number of methoxy groups -OCH3 is 1. The van der Waals surface area contributed by atoms with Crippen LogP contribution >= 0.6 is 23.4 Å². The first-order chi connectivity index (χ1) is 11.2. The van der Waals surface area contributed by atoms with Crippen LogP contribution in [0.25, 0.3) is 11.0 Å². The Balaban J connectivity index is 1.95. The van der Waals surface area contributed by atoms with Gasteiger partial charge in [0.05, 0.1) is 30.4 Å². The number of esters is 1. The van der Waals surface area contributed by atoms with Crippen LogP contribution in [0, 0.1) is 0 Å². The largest absolute Gasteiger partial charge is 0.468 e. The van der Waals surface area contributed by atoms with Gasteiger partial charge in [0.15, 0.2) is 5.16 Å². The highest BCUT2D eigenvalue weighted by molar-refractivity contribution is 7.99. The van der Waals surface area contributed by atoms with Gasteiger partial charge in [0, 0.05) is 5.02 Å². The van der Waals surface area contributed by atoms with Crippen LogP contribution in [-0.4, -0.2) is 28.4 Å². The molecule has 0 radical (unpaired) electrons. The van der Waals surface area contributed by atoms with E-state index in [1.54, 1.807) is 0 Å². The summed E-state index contributed by atoms with van der Waals surface area (Å²) in [5.74, 6) is -0.0272.